The van der Waals surface area contributed by atoms with Gasteiger partial charge in [0.25, 0.3) is 5.56 Å². The van der Waals surface area contributed by atoms with Gasteiger partial charge in [-0.25, -0.2) is 4.98 Å². The van der Waals surface area contributed by atoms with E-state index in [9.17, 15) is 4.79 Å². The molecule has 0 amide bonds. The largest absolute Gasteiger partial charge is 0.345 e. The number of nitrogens with one attached hydrogen (secondary N) is 2. The normalized spacial score (nSPS) is 11.1. The quantitative estimate of drug-likeness (QED) is 0.367. The molecule has 4 rings (SSSR count). The first-order valence-electron chi connectivity index (χ1n) is 7.75. The summed E-state index contributed by atoms with van der Waals surface area (Å²) in [4.78, 5) is 23.2. The fourth-order valence-electron chi connectivity index (χ4n) is 2.67. The van der Waals surface area contributed by atoms with Gasteiger partial charge in [0.2, 0.25) is 0 Å². The van der Waals surface area contributed by atoms with Crippen molar-refractivity contribution in [2.45, 2.75) is 10.9 Å². The third kappa shape index (κ3) is 3.41. The summed E-state index contributed by atoms with van der Waals surface area (Å²) < 4.78 is 1.00. The number of fused-ring (bicyclic) bond motifs is 1. The lowest BCUT2D eigenvalue weighted by Crippen LogP contribution is -2.09. The lowest BCUT2D eigenvalue weighted by molar-refractivity contribution is 0.967. The van der Waals surface area contributed by atoms with Crippen molar-refractivity contribution in [1.29, 1.82) is 0 Å². The number of hydrogen-bond acceptors (Lipinski definition) is 3. The summed E-state index contributed by atoms with van der Waals surface area (Å²) in [5.41, 5.74) is 3.51. The van der Waals surface area contributed by atoms with Crippen molar-refractivity contribution >= 4 is 38.7 Å². The van der Waals surface area contributed by atoms with Crippen LogP contribution >= 0.6 is 27.7 Å². The molecular weight excluding hydrogens is 398 g/mol. The molecule has 0 aliphatic heterocycles. The van der Waals surface area contributed by atoms with Crippen molar-refractivity contribution < 1.29 is 0 Å². The second-order valence-electron chi connectivity index (χ2n) is 5.58. The van der Waals surface area contributed by atoms with Gasteiger partial charge in [-0.05, 0) is 23.3 Å². The van der Waals surface area contributed by atoms with Gasteiger partial charge in [-0.3, -0.25) is 4.79 Å². The Hall–Kier alpha value is -2.31. The Morgan fingerprint density at radius 1 is 1.04 bits per heavy atom. The van der Waals surface area contributed by atoms with E-state index in [4.69, 9.17) is 0 Å². The Kier molecular flexibility index (Phi) is 4.46. The van der Waals surface area contributed by atoms with Crippen LogP contribution in [0, 0.1) is 0 Å². The summed E-state index contributed by atoms with van der Waals surface area (Å²) in [6, 6.07) is 18.0. The molecule has 0 spiro atoms. The van der Waals surface area contributed by atoms with Gasteiger partial charge in [-0.2, -0.15) is 0 Å². The molecule has 4 nitrogen and oxygen atoms in total. The Bertz CT molecular complexity index is 1070. The Labute approximate surface area is 156 Å². The van der Waals surface area contributed by atoms with Gasteiger partial charge in [0, 0.05) is 22.0 Å². The number of hydrogen-bond donors (Lipinski definition) is 2. The smallest absolute Gasteiger partial charge is 0.261 e. The summed E-state index contributed by atoms with van der Waals surface area (Å²) in [6.07, 6.45) is 1.84. The van der Waals surface area contributed by atoms with Crippen molar-refractivity contribution in [2.75, 3.05) is 0 Å². The van der Waals surface area contributed by atoms with E-state index < -0.39 is 0 Å². The van der Waals surface area contributed by atoms with Crippen LogP contribution in [0.2, 0.25) is 0 Å². The molecule has 2 heterocycles. The van der Waals surface area contributed by atoms with Crippen LogP contribution in [0.1, 0.15) is 5.56 Å². The topological polar surface area (TPSA) is 61.5 Å². The van der Waals surface area contributed by atoms with Crippen LogP contribution < -0.4 is 5.56 Å². The predicted octanol–water partition coefficient (Wildman–Crippen LogP) is 4.97. The van der Waals surface area contributed by atoms with Crippen LogP contribution in [-0.4, -0.2) is 15.0 Å². The van der Waals surface area contributed by atoms with Crippen molar-refractivity contribution in [1.82, 2.24) is 15.0 Å². The van der Waals surface area contributed by atoms with Gasteiger partial charge in [0.1, 0.15) is 5.65 Å². The molecule has 0 aliphatic rings. The molecule has 0 atom stereocenters. The van der Waals surface area contributed by atoms with Gasteiger partial charge in [0.15, 0.2) is 5.16 Å². The zero-order valence-electron chi connectivity index (χ0n) is 13.1. The van der Waals surface area contributed by atoms with Gasteiger partial charge < -0.3 is 9.97 Å². The highest BCUT2D eigenvalue weighted by atomic mass is 79.9. The molecule has 4 aromatic rings. The number of halogens is 1. The number of thioether (sulfide) groups is 1. The van der Waals surface area contributed by atoms with Gasteiger partial charge >= 0.3 is 0 Å². The summed E-state index contributed by atoms with van der Waals surface area (Å²) in [6.45, 7) is 0. The van der Waals surface area contributed by atoms with Crippen LogP contribution in [-0.2, 0) is 5.75 Å². The standard InChI is InChI=1S/C19H14BrN3OS/c20-14-8-6-13(7-9-14)15-10-21-17-16(15)18(24)23-19(22-17)25-11-12-4-2-1-3-5-12/h1-10H,11H2,(H2,21,22,23,24). The minimum Gasteiger partial charge on any atom is -0.345 e. The fraction of sp³-hybridized carbons (Fsp3) is 0.0526. The first-order valence-corrected chi connectivity index (χ1v) is 9.52. The van der Waals surface area contributed by atoms with Gasteiger partial charge in [-0.15, -0.1) is 0 Å². The lowest BCUT2D eigenvalue weighted by atomic mass is 10.1. The van der Waals surface area contributed by atoms with E-state index in [2.05, 4.69) is 43.0 Å². The molecule has 0 aliphatic carbocycles. The van der Waals surface area contributed by atoms with E-state index in [1.54, 1.807) is 0 Å². The summed E-state index contributed by atoms with van der Waals surface area (Å²) in [5, 5.41) is 1.21. The average molecular weight is 412 g/mol. The molecular formula is C19H14BrN3OS. The predicted molar refractivity (Wildman–Crippen MR) is 106 cm³/mol. The SMILES string of the molecule is O=c1[nH]c(SCc2ccccc2)nc2[nH]cc(-c3ccc(Br)cc3)c12. The van der Waals surface area contributed by atoms with E-state index >= 15 is 0 Å². The Balaban J connectivity index is 1.67. The maximum Gasteiger partial charge on any atom is 0.261 e. The third-order valence-electron chi connectivity index (χ3n) is 3.89. The molecule has 2 N–H and O–H groups in total. The molecule has 0 saturated carbocycles. The van der Waals surface area contributed by atoms with E-state index in [1.165, 1.54) is 17.3 Å². The molecule has 0 unspecified atom stereocenters. The number of H-pyrrole nitrogens is 2. The second kappa shape index (κ2) is 6.90. The molecule has 2 aromatic carbocycles. The lowest BCUT2D eigenvalue weighted by Gasteiger charge is -2.03. The maximum atomic E-state index is 12.6. The van der Waals surface area contributed by atoms with E-state index in [0.29, 0.717) is 16.2 Å². The number of benzene rings is 2. The average Bonchev–Trinajstić information content (AvgIpc) is 3.06. The molecule has 0 fully saturated rings. The molecule has 0 radical (unpaired) electrons. The van der Waals surface area contributed by atoms with E-state index in [0.717, 1.165) is 21.4 Å². The fourth-order valence-corrected chi connectivity index (χ4v) is 3.75. The second-order valence-corrected chi connectivity index (χ2v) is 7.46. The number of aromatic amines is 2. The van der Waals surface area contributed by atoms with Crippen LogP contribution in [0.15, 0.2) is 75.2 Å². The Morgan fingerprint density at radius 3 is 2.56 bits per heavy atom. The number of aromatic nitrogens is 3. The minimum atomic E-state index is -0.125. The van der Waals surface area contributed by atoms with Gasteiger partial charge in [-0.1, -0.05) is 70.2 Å². The van der Waals surface area contributed by atoms with Crippen LogP contribution in [0.5, 0.6) is 0 Å². The molecule has 0 bridgehead atoms. The molecule has 25 heavy (non-hydrogen) atoms. The highest BCUT2D eigenvalue weighted by Gasteiger charge is 2.12. The van der Waals surface area contributed by atoms with Crippen molar-refractivity contribution in [3.05, 3.63) is 81.2 Å². The van der Waals surface area contributed by atoms with Crippen molar-refractivity contribution in [2.24, 2.45) is 0 Å². The van der Waals surface area contributed by atoms with Crippen molar-refractivity contribution in [3.63, 3.8) is 0 Å². The zero-order chi connectivity index (χ0) is 17.2. The molecule has 2 aromatic heterocycles. The summed E-state index contributed by atoms with van der Waals surface area (Å²) >= 11 is 4.94. The number of rotatable bonds is 4. The molecule has 0 saturated heterocycles. The highest BCUT2D eigenvalue weighted by molar-refractivity contribution is 9.10. The summed E-state index contributed by atoms with van der Waals surface area (Å²) in [7, 11) is 0. The van der Waals surface area contributed by atoms with Crippen LogP contribution in [0.4, 0.5) is 0 Å². The highest BCUT2D eigenvalue weighted by Crippen LogP contribution is 2.28. The molecule has 124 valence electrons. The number of nitrogens with zero attached hydrogens (tertiary/aromatic N) is 1. The van der Waals surface area contributed by atoms with Crippen LogP contribution in [0.25, 0.3) is 22.2 Å². The minimum absolute atomic E-state index is 0.125. The first-order chi connectivity index (χ1) is 12.2. The molecule has 6 heteroatoms. The zero-order valence-corrected chi connectivity index (χ0v) is 15.5. The third-order valence-corrected chi connectivity index (χ3v) is 5.37. The first kappa shape index (κ1) is 16.2. The van der Waals surface area contributed by atoms with Gasteiger partial charge in [0.05, 0.1) is 5.39 Å². The monoisotopic (exact) mass is 411 g/mol. The van der Waals surface area contributed by atoms with E-state index in [-0.39, 0.29) is 5.56 Å². The van der Waals surface area contributed by atoms with Crippen molar-refractivity contribution in [3.8, 4) is 11.1 Å². The summed E-state index contributed by atoms with van der Waals surface area (Å²) in [5.74, 6) is 0.759. The van der Waals surface area contributed by atoms with Crippen LogP contribution in [0.3, 0.4) is 0 Å². The van der Waals surface area contributed by atoms with E-state index in [1.807, 2.05) is 48.7 Å². The maximum absolute atomic E-state index is 12.6. The Morgan fingerprint density at radius 2 is 1.80 bits per heavy atom.